The zero-order chi connectivity index (χ0) is 29.6. The molecule has 3 aliphatic heterocycles. The molecule has 1 spiro atoms. The molecule has 0 aromatic carbocycles. The van der Waals surface area contributed by atoms with Crippen molar-refractivity contribution in [3.63, 3.8) is 0 Å². The summed E-state index contributed by atoms with van der Waals surface area (Å²) < 4.78 is 0. The Morgan fingerprint density at radius 3 is 2.38 bits per heavy atom. The molecule has 2 aromatic rings. The van der Waals surface area contributed by atoms with Crippen molar-refractivity contribution in [2.75, 3.05) is 51.2 Å². The second-order valence-corrected chi connectivity index (χ2v) is 13.8. The van der Waals surface area contributed by atoms with Crippen LogP contribution in [-0.4, -0.2) is 89.7 Å². The van der Waals surface area contributed by atoms with E-state index in [9.17, 15) is 19.2 Å². The summed E-state index contributed by atoms with van der Waals surface area (Å²) in [5.41, 5.74) is 1.52. The van der Waals surface area contributed by atoms with E-state index in [0.29, 0.717) is 30.2 Å². The largest absolute Gasteiger partial charge is 0.357 e. The molecule has 4 fully saturated rings. The first-order valence-electron chi connectivity index (χ1n) is 14.8. The number of nitrogens with one attached hydrogen (secondary N) is 2. The molecule has 3 saturated heterocycles. The highest BCUT2D eigenvalue weighted by molar-refractivity contribution is 7.11. The Labute approximate surface area is 250 Å². The Balaban J connectivity index is 1.23. The van der Waals surface area contributed by atoms with Crippen LogP contribution in [0.5, 0.6) is 0 Å². The highest BCUT2D eigenvalue weighted by Gasteiger charge is 2.62. The van der Waals surface area contributed by atoms with E-state index >= 15 is 0 Å². The molecule has 6 rings (SSSR count). The van der Waals surface area contributed by atoms with Gasteiger partial charge in [0.05, 0.1) is 23.3 Å². The van der Waals surface area contributed by atoms with Gasteiger partial charge in [0, 0.05) is 57.6 Å². The van der Waals surface area contributed by atoms with E-state index in [0.717, 1.165) is 38.2 Å². The molecule has 1 unspecified atom stereocenters. The number of anilines is 1. The van der Waals surface area contributed by atoms with Crippen LogP contribution in [0, 0.1) is 22.7 Å². The van der Waals surface area contributed by atoms with Crippen molar-refractivity contribution in [2.24, 2.45) is 22.7 Å². The molecule has 1 aliphatic carbocycles. The summed E-state index contributed by atoms with van der Waals surface area (Å²) >= 11 is 1.27. The Kier molecular flexibility index (Phi) is 7.44. The van der Waals surface area contributed by atoms with Gasteiger partial charge in [0.2, 0.25) is 17.7 Å². The highest BCUT2D eigenvalue weighted by atomic mass is 32.1. The minimum Gasteiger partial charge on any atom is -0.357 e. The first-order valence-corrected chi connectivity index (χ1v) is 15.7. The molecule has 0 radical (unpaired) electrons. The van der Waals surface area contributed by atoms with E-state index in [1.54, 1.807) is 22.7 Å². The van der Waals surface area contributed by atoms with Gasteiger partial charge in [0.1, 0.15) is 10.7 Å². The summed E-state index contributed by atoms with van der Waals surface area (Å²) in [6.07, 6.45) is 5.80. The average molecular weight is 594 g/mol. The fourth-order valence-electron chi connectivity index (χ4n) is 6.82. The van der Waals surface area contributed by atoms with Crippen LogP contribution in [0.25, 0.3) is 0 Å². The van der Waals surface area contributed by atoms with Gasteiger partial charge in [-0.25, -0.2) is 4.98 Å². The first kappa shape index (κ1) is 28.6. The van der Waals surface area contributed by atoms with Gasteiger partial charge in [0.15, 0.2) is 6.04 Å². The van der Waals surface area contributed by atoms with E-state index in [1.165, 1.54) is 24.8 Å². The first-order chi connectivity index (χ1) is 20.1. The average Bonchev–Trinajstić information content (AvgIpc) is 3.36. The molecular formula is C30H39N7O4S. The van der Waals surface area contributed by atoms with Gasteiger partial charge in [-0.3, -0.25) is 24.2 Å². The monoisotopic (exact) mass is 593 g/mol. The normalized spacial score (nSPS) is 24.6. The van der Waals surface area contributed by atoms with E-state index in [-0.39, 0.29) is 41.5 Å². The Morgan fingerprint density at radius 1 is 1.02 bits per heavy atom. The zero-order valence-electron chi connectivity index (χ0n) is 24.5. The van der Waals surface area contributed by atoms with Gasteiger partial charge in [-0.1, -0.05) is 19.9 Å². The van der Waals surface area contributed by atoms with Crippen molar-refractivity contribution in [3.8, 4) is 0 Å². The maximum atomic E-state index is 14.0. The number of aromatic nitrogens is 2. The van der Waals surface area contributed by atoms with Crippen molar-refractivity contribution in [1.29, 1.82) is 0 Å². The molecule has 1 saturated carbocycles. The van der Waals surface area contributed by atoms with Gasteiger partial charge in [-0.05, 0) is 43.2 Å². The predicted octanol–water partition coefficient (Wildman–Crippen LogP) is 2.08. The Morgan fingerprint density at radius 2 is 1.74 bits per heavy atom. The molecular weight excluding hydrogens is 554 g/mol. The van der Waals surface area contributed by atoms with Gasteiger partial charge < -0.3 is 25.3 Å². The summed E-state index contributed by atoms with van der Waals surface area (Å²) in [6, 6.07) is 4.59. The Bertz CT molecular complexity index is 1370. The van der Waals surface area contributed by atoms with Gasteiger partial charge in [-0.2, -0.15) is 0 Å². The summed E-state index contributed by atoms with van der Waals surface area (Å²) in [5, 5.41) is 5.65. The molecule has 11 nitrogen and oxygen atoms in total. The number of carbonyl (C=O) groups is 4. The lowest BCUT2D eigenvalue weighted by molar-refractivity contribution is -0.151. The fourth-order valence-corrected chi connectivity index (χ4v) is 7.41. The fraction of sp³-hybridized carbons (Fsp3) is 0.600. The lowest BCUT2D eigenvalue weighted by Crippen LogP contribution is -2.64. The number of likely N-dealkylation sites (tertiary alicyclic amines) is 2. The van der Waals surface area contributed by atoms with Crippen molar-refractivity contribution in [3.05, 3.63) is 40.5 Å². The van der Waals surface area contributed by atoms with E-state index in [2.05, 4.69) is 34.4 Å². The van der Waals surface area contributed by atoms with E-state index in [1.807, 2.05) is 17.0 Å². The van der Waals surface area contributed by atoms with Crippen LogP contribution in [0.2, 0.25) is 0 Å². The van der Waals surface area contributed by atoms with Crippen molar-refractivity contribution in [2.45, 2.75) is 45.6 Å². The standard InChI is InChI=1S/C30H39N7O4S/c1-29(2)12-19(29)27(40)37-16-30(17-37)15-36(28(41)22-13-32-18-42-22)14-20(30)25(38)34-24(26(39)31-3)21-8-7-9-23(33-21)35-10-5-4-6-11-35/h7-9,13,18-20,24H,4-6,10-12,14-17H2,1-3H3,(H,31,39)(H,34,38)/t19-,20+,24?/m1/s1. The van der Waals surface area contributed by atoms with Crippen molar-refractivity contribution >= 4 is 40.8 Å². The summed E-state index contributed by atoms with van der Waals surface area (Å²) in [7, 11) is 1.54. The Hall–Kier alpha value is -3.54. The van der Waals surface area contributed by atoms with Crippen LogP contribution in [0.4, 0.5) is 5.82 Å². The SMILES string of the molecule is CNC(=O)C(NC(=O)[C@@H]1CN(C(=O)c2cncs2)CC12CN(C(=O)[C@H]1CC1(C)C)C2)c1cccc(N2CCCCC2)n1. The maximum absolute atomic E-state index is 14.0. The molecule has 42 heavy (non-hydrogen) atoms. The van der Waals surface area contributed by atoms with Crippen LogP contribution in [0.3, 0.4) is 0 Å². The number of carbonyl (C=O) groups excluding carboxylic acids is 4. The van der Waals surface area contributed by atoms with E-state index < -0.39 is 17.4 Å². The molecule has 2 N–H and O–H groups in total. The molecule has 5 heterocycles. The van der Waals surface area contributed by atoms with Gasteiger partial charge in [0.25, 0.3) is 5.91 Å². The number of rotatable bonds is 7. The lowest BCUT2D eigenvalue weighted by atomic mass is 9.70. The van der Waals surface area contributed by atoms with E-state index in [4.69, 9.17) is 4.98 Å². The maximum Gasteiger partial charge on any atom is 0.265 e. The van der Waals surface area contributed by atoms with Crippen LogP contribution in [-0.2, 0) is 14.4 Å². The third kappa shape index (κ3) is 5.25. The summed E-state index contributed by atoms with van der Waals surface area (Å²) in [4.78, 5) is 68.7. The molecule has 224 valence electrons. The smallest absolute Gasteiger partial charge is 0.265 e. The molecule has 3 atom stereocenters. The number of likely N-dealkylation sites (N-methyl/N-ethyl adjacent to an activating group) is 1. The quantitative estimate of drug-likeness (QED) is 0.503. The van der Waals surface area contributed by atoms with Crippen LogP contribution in [0.1, 0.15) is 60.9 Å². The number of thiazole rings is 1. The summed E-state index contributed by atoms with van der Waals surface area (Å²) in [6.45, 7) is 7.42. The minimum absolute atomic E-state index is 0.00865. The van der Waals surface area contributed by atoms with Gasteiger partial charge in [-0.15, -0.1) is 11.3 Å². The number of piperidine rings is 1. The van der Waals surface area contributed by atoms with Crippen LogP contribution in [0.15, 0.2) is 29.9 Å². The molecule has 12 heteroatoms. The highest BCUT2D eigenvalue weighted by Crippen LogP contribution is 2.54. The second-order valence-electron chi connectivity index (χ2n) is 12.9. The molecule has 4 amide bonds. The molecule has 0 bridgehead atoms. The number of amides is 4. The number of hydrogen-bond donors (Lipinski definition) is 2. The zero-order valence-corrected chi connectivity index (χ0v) is 25.3. The van der Waals surface area contributed by atoms with Crippen LogP contribution >= 0.6 is 11.3 Å². The summed E-state index contributed by atoms with van der Waals surface area (Å²) in [5.74, 6) is -0.495. The lowest BCUT2D eigenvalue weighted by Gasteiger charge is -2.50. The molecule has 4 aliphatic rings. The number of hydrogen-bond acceptors (Lipinski definition) is 8. The van der Waals surface area contributed by atoms with Crippen molar-refractivity contribution < 1.29 is 19.2 Å². The van der Waals surface area contributed by atoms with Gasteiger partial charge >= 0.3 is 0 Å². The molecule has 2 aromatic heterocycles. The predicted molar refractivity (Wildman–Crippen MR) is 158 cm³/mol. The number of nitrogens with zero attached hydrogens (tertiary/aromatic N) is 5. The second kappa shape index (κ2) is 10.9. The van der Waals surface area contributed by atoms with Crippen LogP contribution < -0.4 is 15.5 Å². The minimum atomic E-state index is -0.986. The third-order valence-corrected chi connectivity index (χ3v) is 10.3. The topological polar surface area (TPSA) is 128 Å². The van der Waals surface area contributed by atoms with Crippen molar-refractivity contribution in [1.82, 2.24) is 30.4 Å². The third-order valence-electron chi connectivity index (χ3n) is 9.56. The number of pyridine rings is 1.